The van der Waals surface area contributed by atoms with Gasteiger partial charge in [-0.2, -0.15) is 0 Å². The summed E-state index contributed by atoms with van der Waals surface area (Å²) in [6.07, 6.45) is 2.54. The van der Waals surface area contributed by atoms with E-state index in [2.05, 4.69) is 15.1 Å². The van der Waals surface area contributed by atoms with Crippen molar-refractivity contribution in [2.45, 2.75) is 18.9 Å². The van der Waals surface area contributed by atoms with Crippen molar-refractivity contribution in [3.63, 3.8) is 0 Å². The van der Waals surface area contributed by atoms with Crippen molar-refractivity contribution in [1.29, 1.82) is 0 Å². The molecule has 1 aromatic carbocycles. The van der Waals surface area contributed by atoms with Crippen LogP contribution in [0.2, 0.25) is 5.02 Å². The molecule has 1 amide bonds. The fourth-order valence-electron chi connectivity index (χ4n) is 3.24. The van der Waals surface area contributed by atoms with Crippen molar-refractivity contribution in [1.82, 2.24) is 9.80 Å². The van der Waals surface area contributed by atoms with E-state index in [4.69, 9.17) is 17.3 Å². The highest BCUT2D eigenvalue weighted by Crippen LogP contribution is 2.23. The zero-order valence-corrected chi connectivity index (χ0v) is 12.8. The fourth-order valence-corrected chi connectivity index (χ4v) is 3.42. The molecule has 3 rings (SSSR count). The topological polar surface area (TPSA) is 61.6 Å². The predicted molar refractivity (Wildman–Crippen MR) is 85.5 cm³/mol. The van der Waals surface area contributed by atoms with Crippen LogP contribution in [0, 0.1) is 0 Å². The highest BCUT2D eigenvalue weighted by atomic mass is 35.5. The Morgan fingerprint density at radius 2 is 2.24 bits per heavy atom. The quantitative estimate of drug-likeness (QED) is 0.833. The number of amides is 1. The third-order valence-electron chi connectivity index (χ3n) is 4.33. The van der Waals surface area contributed by atoms with Crippen LogP contribution in [0.25, 0.3) is 0 Å². The van der Waals surface area contributed by atoms with Crippen LogP contribution in [0.3, 0.4) is 0 Å². The van der Waals surface area contributed by atoms with Crippen molar-refractivity contribution in [2.75, 3.05) is 43.8 Å². The first-order valence-corrected chi connectivity index (χ1v) is 7.81. The molecule has 2 heterocycles. The molecule has 0 saturated carbocycles. The van der Waals surface area contributed by atoms with Gasteiger partial charge in [0.2, 0.25) is 5.91 Å². The molecule has 1 aromatic rings. The van der Waals surface area contributed by atoms with Gasteiger partial charge in [-0.15, -0.1) is 0 Å². The van der Waals surface area contributed by atoms with E-state index in [1.54, 1.807) is 18.2 Å². The number of nitrogens with one attached hydrogen (secondary N) is 1. The first-order valence-electron chi connectivity index (χ1n) is 7.43. The third-order valence-corrected chi connectivity index (χ3v) is 4.56. The lowest BCUT2D eigenvalue weighted by atomic mass is 10.1. The van der Waals surface area contributed by atoms with Gasteiger partial charge >= 0.3 is 0 Å². The summed E-state index contributed by atoms with van der Waals surface area (Å²) in [5.41, 5.74) is 6.98. The number of nitrogens with zero attached hydrogens (tertiary/aromatic N) is 2. The normalized spacial score (nSPS) is 23.0. The van der Waals surface area contributed by atoms with E-state index in [1.165, 1.54) is 19.4 Å². The molecule has 0 aromatic heterocycles. The molecule has 5 nitrogen and oxygen atoms in total. The molecule has 3 N–H and O–H groups in total. The van der Waals surface area contributed by atoms with Crippen LogP contribution in [-0.4, -0.2) is 54.5 Å². The standard InChI is InChI=1S/C15H21ClN4O/c16-11-3-4-14(13(17)8-11)18-15(21)10-19-6-7-20-5-1-2-12(20)9-19/h3-4,8,12H,1-2,5-7,9-10,17H2,(H,18,21). The smallest absolute Gasteiger partial charge is 0.238 e. The highest BCUT2D eigenvalue weighted by Gasteiger charge is 2.31. The molecule has 1 unspecified atom stereocenters. The van der Waals surface area contributed by atoms with Crippen LogP contribution < -0.4 is 11.1 Å². The minimum atomic E-state index is -0.0181. The van der Waals surface area contributed by atoms with E-state index in [-0.39, 0.29) is 5.91 Å². The van der Waals surface area contributed by atoms with Crippen LogP contribution in [0.5, 0.6) is 0 Å². The minimum absolute atomic E-state index is 0.0181. The number of hydrogen-bond acceptors (Lipinski definition) is 4. The predicted octanol–water partition coefficient (Wildman–Crippen LogP) is 1.64. The Morgan fingerprint density at radius 3 is 3.05 bits per heavy atom. The number of carbonyl (C=O) groups excluding carboxylic acids is 1. The first-order chi connectivity index (χ1) is 10.1. The molecule has 114 valence electrons. The van der Waals surface area contributed by atoms with E-state index in [9.17, 15) is 4.79 Å². The van der Waals surface area contributed by atoms with Crippen LogP contribution in [-0.2, 0) is 4.79 Å². The molecule has 1 atom stereocenters. The average Bonchev–Trinajstić information content (AvgIpc) is 2.89. The lowest BCUT2D eigenvalue weighted by Gasteiger charge is -2.37. The number of carbonyl (C=O) groups is 1. The second kappa shape index (κ2) is 6.22. The largest absolute Gasteiger partial charge is 0.397 e. The van der Waals surface area contributed by atoms with Gasteiger partial charge in [0.25, 0.3) is 0 Å². The summed E-state index contributed by atoms with van der Waals surface area (Å²) >= 11 is 5.86. The van der Waals surface area contributed by atoms with Gasteiger partial charge < -0.3 is 11.1 Å². The molecule has 21 heavy (non-hydrogen) atoms. The Kier molecular flexibility index (Phi) is 4.33. The van der Waals surface area contributed by atoms with Crippen molar-refractivity contribution < 1.29 is 4.79 Å². The summed E-state index contributed by atoms with van der Waals surface area (Å²) in [7, 11) is 0. The zero-order chi connectivity index (χ0) is 14.8. The van der Waals surface area contributed by atoms with Crippen LogP contribution >= 0.6 is 11.6 Å². The van der Waals surface area contributed by atoms with Gasteiger partial charge in [0.05, 0.1) is 17.9 Å². The van der Waals surface area contributed by atoms with E-state index < -0.39 is 0 Å². The molecule has 0 bridgehead atoms. The van der Waals surface area contributed by atoms with Gasteiger partial charge in [-0.1, -0.05) is 11.6 Å². The molecule has 2 saturated heterocycles. The van der Waals surface area contributed by atoms with Gasteiger partial charge in [-0.05, 0) is 37.6 Å². The van der Waals surface area contributed by atoms with Crippen LogP contribution in [0.1, 0.15) is 12.8 Å². The van der Waals surface area contributed by atoms with Crippen molar-refractivity contribution >= 4 is 28.9 Å². The molecule has 6 heteroatoms. The van der Waals surface area contributed by atoms with Gasteiger partial charge in [0, 0.05) is 30.7 Å². The molecule has 2 fully saturated rings. The Bertz CT molecular complexity index is 536. The van der Waals surface area contributed by atoms with Crippen molar-refractivity contribution in [2.24, 2.45) is 0 Å². The SMILES string of the molecule is Nc1cc(Cl)ccc1NC(=O)CN1CCN2CCCC2C1. The number of piperazine rings is 1. The number of anilines is 2. The summed E-state index contributed by atoms with van der Waals surface area (Å²) in [5.74, 6) is -0.0181. The number of nitrogens with two attached hydrogens (primary N) is 1. The Morgan fingerprint density at radius 1 is 1.38 bits per heavy atom. The van der Waals surface area contributed by atoms with E-state index >= 15 is 0 Å². The lowest BCUT2D eigenvalue weighted by Crippen LogP contribution is -2.51. The van der Waals surface area contributed by atoms with Crippen molar-refractivity contribution in [3.8, 4) is 0 Å². The molecule has 2 aliphatic heterocycles. The second-order valence-electron chi connectivity index (χ2n) is 5.85. The number of benzene rings is 1. The summed E-state index contributed by atoms with van der Waals surface area (Å²) < 4.78 is 0. The maximum atomic E-state index is 12.2. The lowest BCUT2D eigenvalue weighted by molar-refractivity contribution is -0.117. The summed E-state index contributed by atoms with van der Waals surface area (Å²) in [6, 6.07) is 5.75. The second-order valence-corrected chi connectivity index (χ2v) is 6.28. The number of hydrogen-bond donors (Lipinski definition) is 2. The van der Waals surface area contributed by atoms with Gasteiger partial charge in [-0.25, -0.2) is 0 Å². The molecular weight excluding hydrogens is 288 g/mol. The van der Waals surface area contributed by atoms with Crippen LogP contribution in [0.15, 0.2) is 18.2 Å². The summed E-state index contributed by atoms with van der Waals surface area (Å²) in [6.45, 7) is 4.66. The first kappa shape index (κ1) is 14.6. The summed E-state index contributed by atoms with van der Waals surface area (Å²) in [4.78, 5) is 16.9. The molecule has 2 aliphatic rings. The van der Waals surface area contributed by atoms with Crippen LogP contribution in [0.4, 0.5) is 11.4 Å². The van der Waals surface area contributed by atoms with Gasteiger partial charge in [0.1, 0.15) is 0 Å². The Hall–Kier alpha value is -1.30. The number of fused-ring (bicyclic) bond motifs is 1. The maximum absolute atomic E-state index is 12.2. The van der Waals surface area contributed by atoms with Crippen molar-refractivity contribution in [3.05, 3.63) is 23.2 Å². The van der Waals surface area contributed by atoms with Gasteiger partial charge in [0.15, 0.2) is 0 Å². The zero-order valence-electron chi connectivity index (χ0n) is 12.0. The Balaban J connectivity index is 1.54. The highest BCUT2D eigenvalue weighted by molar-refractivity contribution is 6.31. The average molecular weight is 309 g/mol. The van der Waals surface area contributed by atoms with E-state index in [0.29, 0.717) is 29.0 Å². The monoisotopic (exact) mass is 308 g/mol. The molecule has 0 aliphatic carbocycles. The van der Waals surface area contributed by atoms with E-state index in [0.717, 1.165) is 19.6 Å². The number of nitrogen functional groups attached to an aromatic ring is 1. The maximum Gasteiger partial charge on any atom is 0.238 e. The number of halogens is 1. The summed E-state index contributed by atoms with van der Waals surface area (Å²) in [5, 5.41) is 3.44. The van der Waals surface area contributed by atoms with Gasteiger partial charge in [-0.3, -0.25) is 14.6 Å². The van der Waals surface area contributed by atoms with E-state index in [1.807, 2.05) is 0 Å². The fraction of sp³-hybridized carbons (Fsp3) is 0.533. The molecular formula is C15H21ClN4O. The Labute approximate surface area is 130 Å². The molecule has 0 spiro atoms. The third kappa shape index (κ3) is 3.48. The number of rotatable bonds is 3. The molecule has 0 radical (unpaired) electrons. The minimum Gasteiger partial charge on any atom is -0.397 e.